The largest absolute Gasteiger partial charge is 0.354 e. The Morgan fingerprint density at radius 1 is 1.16 bits per heavy atom. The molecule has 1 aromatic carbocycles. The fourth-order valence-corrected chi connectivity index (χ4v) is 4.84. The van der Waals surface area contributed by atoms with Crippen LogP contribution in [0.5, 0.6) is 0 Å². The van der Waals surface area contributed by atoms with E-state index in [1.807, 2.05) is 25.1 Å². The topological polar surface area (TPSA) is 75.9 Å². The van der Waals surface area contributed by atoms with Crippen LogP contribution in [0.4, 0.5) is 11.5 Å². The van der Waals surface area contributed by atoms with E-state index < -0.39 is 0 Å². The maximum Gasteiger partial charge on any atom is 0.229 e. The second-order valence-electron chi connectivity index (χ2n) is 8.60. The van der Waals surface area contributed by atoms with Crippen LogP contribution in [0.15, 0.2) is 24.5 Å². The maximum absolute atomic E-state index is 13.0. The number of imidazole rings is 1. The number of hydrogen-bond acceptors (Lipinski definition) is 5. The molecule has 162 valence electrons. The third-order valence-electron chi connectivity index (χ3n) is 6.40. The number of carbonyl (C=O) groups is 1. The number of nitrogens with one attached hydrogen (secondary N) is 1. The van der Waals surface area contributed by atoms with Crippen molar-refractivity contribution in [2.75, 3.05) is 23.3 Å². The van der Waals surface area contributed by atoms with Gasteiger partial charge in [-0.25, -0.2) is 15.0 Å². The first-order chi connectivity index (χ1) is 15.1. The standard InChI is InChI=1S/C23H27ClN6O/c1-15-8-9-17(12-18(15)24)27-23(31)16-6-5-10-29(13-16)21-20-22(26-14-25-21)30-11-4-2-3-7-19(30)28-20/h8-9,12,14,16H,2-7,10-11,13H2,1H3,(H,27,31)/t16-/m1/s1. The molecule has 2 aliphatic heterocycles. The highest BCUT2D eigenvalue weighted by molar-refractivity contribution is 6.31. The number of anilines is 2. The molecule has 0 unspecified atom stereocenters. The molecular formula is C23H27ClN6O. The van der Waals surface area contributed by atoms with Gasteiger partial charge < -0.3 is 14.8 Å². The van der Waals surface area contributed by atoms with Crippen molar-refractivity contribution in [1.29, 1.82) is 0 Å². The summed E-state index contributed by atoms with van der Waals surface area (Å²) >= 11 is 6.21. The van der Waals surface area contributed by atoms with Gasteiger partial charge in [0.25, 0.3) is 0 Å². The number of halogens is 1. The molecule has 1 saturated heterocycles. The lowest BCUT2D eigenvalue weighted by molar-refractivity contribution is -0.120. The van der Waals surface area contributed by atoms with Crippen molar-refractivity contribution < 1.29 is 4.79 Å². The van der Waals surface area contributed by atoms with Crippen molar-refractivity contribution >= 4 is 40.2 Å². The van der Waals surface area contributed by atoms with E-state index in [0.717, 1.165) is 72.8 Å². The van der Waals surface area contributed by atoms with Gasteiger partial charge in [-0.05, 0) is 50.3 Å². The van der Waals surface area contributed by atoms with Gasteiger partial charge in [0.1, 0.15) is 12.2 Å². The molecule has 5 rings (SSSR count). The molecule has 4 heterocycles. The van der Waals surface area contributed by atoms with E-state index in [0.29, 0.717) is 11.6 Å². The summed E-state index contributed by atoms with van der Waals surface area (Å²) in [7, 11) is 0. The minimum atomic E-state index is -0.112. The van der Waals surface area contributed by atoms with Gasteiger partial charge in [0.2, 0.25) is 5.91 Å². The number of aromatic nitrogens is 4. The van der Waals surface area contributed by atoms with Gasteiger partial charge in [-0.1, -0.05) is 24.1 Å². The molecule has 3 aromatic rings. The molecule has 1 N–H and O–H groups in total. The van der Waals surface area contributed by atoms with Crippen molar-refractivity contribution in [3.8, 4) is 0 Å². The van der Waals surface area contributed by atoms with E-state index in [-0.39, 0.29) is 11.8 Å². The molecule has 7 nitrogen and oxygen atoms in total. The zero-order chi connectivity index (χ0) is 21.4. The van der Waals surface area contributed by atoms with E-state index in [1.54, 1.807) is 6.33 Å². The molecule has 2 aliphatic rings. The Morgan fingerprint density at radius 2 is 2.06 bits per heavy atom. The zero-order valence-corrected chi connectivity index (χ0v) is 18.5. The molecule has 2 aromatic heterocycles. The molecule has 0 saturated carbocycles. The van der Waals surface area contributed by atoms with Crippen molar-refractivity contribution in [3.63, 3.8) is 0 Å². The third kappa shape index (κ3) is 3.99. The number of aryl methyl sites for hydroxylation is 3. The summed E-state index contributed by atoms with van der Waals surface area (Å²) in [6.45, 7) is 4.41. The van der Waals surface area contributed by atoms with Crippen molar-refractivity contribution in [1.82, 2.24) is 19.5 Å². The predicted octanol–water partition coefficient (Wildman–Crippen LogP) is 4.37. The first-order valence-electron chi connectivity index (χ1n) is 11.1. The lowest BCUT2D eigenvalue weighted by Crippen LogP contribution is -2.41. The van der Waals surface area contributed by atoms with Gasteiger partial charge in [-0.2, -0.15) is 0 Å². The Kier molecular flexibility index (Phi) is 5.52. The Labute approximate surface area is 186 Å². The number of rotatable bonds is 3. The summed E-state index contributed by atoms with van der Waals surface area (Å²) in [5, 5.41) is 3.69. The Bertz CT molecular complexity index is 1130. The smallest absolute Gasteiger partial charge is 0.229 e. The molecule has 0 radical (unpaired) electrons. The molecule has 0 aliphatic carbocycles. The number of hydrogen-bond donors (Lipinski definition) is 1. The monoisotopic (exact) mass is 438 g/mol. The average molecular weight is 439 g/mol. The van der Waals surface area contributed by atoms with Crippen LogP contribution in [-0.2, 0) is 17.8 Å². The lowest BCUT2D eigenvalue weighted by Gasteiger charge is -2.32. The molecule has 31 heavy (non-hydrogen) atoms. The van der Waals surface area contributed by atoms with Gasteiger partial charge in [-0.3, -0.25) is 4.79 Å². The Hall–Kier alpha value is -2.67. The van der Waals surface area contributed by atoms with Gasteiger partial charge >= 0.3 is 0 Å². The van der Waals surface area contributed by atoms with Gasteiger partial charge in [0, 0.05) is 36.8 Å². The quantitative estimate of drug-likeness (QED) is 0.657. The summed E-state index contributed by atoms with van der Waals surface area (Å²) in [5.41, 5.74) is 3.52. The highest BCUT2D eigenvalue weighted by Gasteiger charge is 2.29. The van der Waals surface area contributed by atoms with E-state index in [1.165, 1.54) is 12.8 Å². The molecule has 1 atom stereocenters. The second-order valence-corrected chi connectivity index (χ2v) is 9.01. The highest BCUT2D eigenvalue weighted by atomic mass is 35.5. The molecule has 0 bridgehead atoms. The lowest BCUT2D eigenvalue weighted by atomic mass is 9.97. The van der Waals surface area contributed by atoms with E-state index >= 15 is 0 Å². The summed E-state index contributed by atoms with van der Waals surface area (Å²) in [6.07, 6.45) is 7.98. The predicted molar refractivity (Wildman–Crippen MR) is 123 cm³/mol. The third-order valence-corrected chi connectivity index (χ3v) is 6.81. The minimum absolute atomic E-state index is 0.0237. The maximum atomic E-state index is 13.0. The summed E-state index contributed by atoms with van der Waals surface area (Å²) in [4.78, 5) is 29.2. The highest BCUT2D eigenvalue weighted by Crippen LogP contribution is 2.30. The van der Waals surface area contributed by atoms with Crippen LogP contribution >= 0.6 is 11.6 Å². The molecule has 0 spiro atoms. The fourth-order valence-electron chi connectivity index (χ4n) is 4.66. The van der Waals surface area contributed by atoms with E-state index in [2.05, 4.69) is 24.8 Å². The van der Waals surface area contributed by atoms with Crippen LogP contribution in [0.2, 0.25) is 5.02 Å². The van der Waals surface area contributed by atoms with Crippen LogP contribution in [0.3, 0.4) is 0 Å². The number of fused-ring (bicyclic) bond motifs is 3. The molecule has 1 fully saturated rings. The van der Waals surface area contributed by atoms with Crippen LogP contribution in [0.1, 0.15) is 43.5 Å². The number of piperidine rings is 1. The second kappa shape index (κ2) is 8.46. The van der Waals surface area contributed by atoms with E-state index in [4.69, 9.17) is 16.6 Å². The minimum Gasteiger partial charge on any atom is -0.354 e. The molecule has 1 amide bonds. The Balaban J connectivity index is 1.37. The zero-order valence-electron chi connectivity index (χ0n) is 17.8. The van der Waals surface area contributed by atoms with Crippen LogP contribution in [-0.4, -0.2) is 38.5 Å². The van der Waals surface area contributed by atoms with Gasteiger partial charge in [-0.15, -0.1) is 0 Å². The van der Waals surface area contributed by atoms with Crippen molar-refractivity contribution in [2.24, 2.45) is 5.92 Å². The Morgan fingerprint density at radius 3 is 2.94 bits per heavy atom. The molecule has 8 heteroatoms. The fraction of sp³-hybridized carbons (Fsp3) is 0.478. The number of carbonyl (C=O) groups excluding carboxylic acids is 1. The van der Waals surface area contributed by atoms with Gasteiger partial charge in [0.15, 0.2) is 17.0 Å². The SMILES string of the molecule is Cc1ccc(NC(=O)[C@@H]2CCCN(c3ncnc4c3nc3n4CCCCC3)C2)cc1Cl. The van der Waals surface area contributed by atoms with Crippen molar-refractivity contribution in [2.45, 2.75) is 52.0 Å². The number of benzene rings is 1. The van der Waals surface area contributed by atoms with Crippen LogP contribution in [0.25, 0.3) is 11.2 Å². The summed E-state index contributed by atoms with van der Waals surface area (Å²) in [5.74, 6) is 1.87. The number of nitrogens with zero attached hydrogens (tertiary/aromatic N) is 5. The molecular weight excluding hydrogens is 412 g/mol. The average Bonchev–Trinajstić information content (AvgIpc) is 2.97. The van der Waals surface area contributed by atoms with Crippen LogP contribution in [0, 0.1) is 12.8 Å². The van der Waals surface area contributed by atoms with Gasteiger partial charge in [0.05, 0.1) is 5.92 Å². The number of amides is 1. The summed E-state index contributed by atoms with van der Waals surface area (Å²) in [6, 6.07) is 5.62. The first kappa shape index (κ1) is 20.2. The normalized spacial score (nSPS) is 19.2. The summed E-state index contributed by atoms with van der Waals surface area (Å²) < 4.78 is 2.25. The van der Waals surface area contributed by atoms with E-state index in [9.17, 15) is 4.79 Å². The first-order valence-corrected chi connectivity index (χ1v) is 11.5. The van der Waals surface area contributed by atoms with Crippen molar-refractivity contribution in [3.05, 3.63) is 40.9 Å². The van der Waals surface area contributed by atoms with Crippen LogP contribution < -0.4 is 10.2 Å².